The number of rotatable bonds is 9. The second-order valence-electron chi connectivity index (χ2n) is 6.96. The van der Waals surface area contributed by atoms with E-state index in [1.807, 2.05) is 38.1 Å². The van der Waals surface area contributed by atoms with Crippen molar-refractivity contribution < 1.29 is 13.2 Å². The maximum absolute atomic E-state index is 12.2. The van der Waals surface area contributed by atoms with Gasteiger partial charge in [0, 0.05) is 13.1 Å². The molecule has 0 aliphatic carbocycles. The fourth-order valence-electron chi connectivity index (χ4n) is 2.68. The van der Waals surface area contributed by atoms with Crippen LogP contribution in [0.2, 0.25) is 0 Å². The van der Waals surface area contributed by atoms with Gasteiger partial charge in [-0.2, -0.15) is 4.31 Å². The number of benzene rings is 2. The van der Waals surface area contributed by atoms with E-state index in [1.54, 1.807) is 0 Å². The molecule has 2 aromatic carbocycles. The summed E-state index contributed by atoms with van der Waals surface area (Å²) < 4.78 is 25.3. The van der Waals surface area contributed by atoms with E-state index in [4.69, 9.17) is 0 Å². The standard InChI is InChI=1S/C21H28N2O3S/c1-17-6-10-19(11-7-17)5-4-14-22-21(24)16-23(27(3,25)26)15-20-12-8-18(2)9-13-20/h6-13H,4-5,14-16H2,1-3H3,(H,22,24). The molecule has 1 amide bonds. The maximum Gasteiger partial charge on any atom is 0.235 e. The monoisotopic (exact) mass is 388 g/mol. The summed E-state index contributed by atoms with van der Waals surface area (Å²) in [5, 5.41) is 2.82. The summed E-state index contributed by atoms with van der Waals surface area (Å²) >= 11 is 0. The van der Waals surface area contributed by atoms with Crippen molar-refractivity contribution in [1.29, 1.82) is 0 Å². The number of aryl methyl sites for hydroxylation is 3. The third-order valence-corrected chi connectivity index (χ3v) is 5.55. The first-order chi connectivity index (χ1) is 12.7. The highest BCUT2D eigenvalue weighted by Gasteiger charge is 2.20. The van der Waals surface area contributed by atoms with Gasteiger partial charge in [-0.1, -0.05) is 59.7 Å². The van der Waals surface area contributed by atoms with Crippen molar-refractivity contribution in [2.45, 2.75) is 33.2 Å². The van der Waals surface area contributed by atoms with Crippen LogP contribution >= 0.6 is 0 Å². The zero-order valence-corrected chi connectivity index (χ0v) is 17.1. The Labute approximate surface area is 162 Å². The summed E-state index contributed by atoms with van der Waals surface area (Å²) in [7, 11) is -3.47. The number of amides is 1. The molecule has 0 spiro atoms. The Morgan fingerprint density at radius 2 is 1.44 bits per heavy atom. The van der Waals surface area contributed by atoms with Gasteiger partial charge in [-0.3, -0.25) is 4.79 Å². The lowest BCUT2D eigenvalue weighted by Gasteiger charge is -2.19. The Hall–Kier alpha value is -2.18. The summed E-state index contributed by atoms with van der Waals surface area (Å²) in [6.45, 7) is 4.57. The summed E-state index contributed by atoms with van der Waals surface area (Å²) in [6.07, 6.45) is 2.82. The number of sulfonamides is 1. The van der Waals surface area contributed by atoms with E-state index in [0.717, 1.165) is 30.2 Å². The maximum atomic E-state index is 12.2. The van der Waals surface area contributed by atoms with Crippen molar-refractivity contribution in [1.82, 2.24) is 9.62 Å². The molecule has 0 radical (unpaired) electrons. The van der Waals surface area contributed by atoms with Gasteiger partial charge in [0.1, 0.15) is 0 Å². The quantitative estimate of drug-likeness (QED) is 0.672. The second-order valence-corrected chi connectivity index (χ2v) is 8.94. The van der Waals surface area contributed by atoms with Crippen molar-refractivity contribution >= 4 is 15.9 Å². The van der Waals surface area contributed by atoms with Crippen LogP contribution in [0.15, 0.2) is 48.5 Å². The molecule has 0 heterocycles. The molecule has 27 heavy (non-hydrogen) atoms. The zero-order chi connectivity index (χ0) is 19.9. The molecule has 0 aliphatic heterocycles. The van der Waals surface area contributed by atoms with Gasteiger partial charge in [-0.25, -0.2) is 8.42 Å². The van der Waals surface area contributed by atoms with Crippen LogP contribution in [0.5, 0.6) is 0 Å². The predicted octanol–water partition coefficient (Wildman–Crippen LogP) is 2.81. The highest BCUT2D eigenvalue weighted by molar-refractivity contribution is 7.88. The molecular formula is C21H28N2O3S. The topological polar surface area (TPSA) is 66.5 Å². The summed E-state index contributed by atoms with van der Waals surface area (Å²) in [6, 6.07) is 15.9. The first-order valence-corrected chi connectivity index (χ1v) is 10.9. The molecule has 146 valence electrons. The Morgan fingerprint density at radius 1 is 0.926 bits per heavy atom. The van der Waals surface area contributed by atoms with E-state index < -0.39 is 10.0 Å². The molecule has 0 aliphatic rings. The molecule has 1 N–H and O–H groups in total. The third kappa shape index (κ3) is 7.53. The smallest absolute Gasteiger partial charge is 0.235 e. The van der Waals surface area contributed by atoms with Gasteiger partial charge in [0.25, 0.3) is 0 Å². The molecule has 0 saturated heterocycles. The number of nitrogens with one attached hydrogen (secondary N) is 1. The lowest BCUT2D eigenvalue weighted by Crippen LogP contribution is -2.40. The normalized spacial score (nSPS) is 11.6. The van der Waals surface area contributed by atoms with Gasteiger partial charge < -0.3 is 5.32 Å². The molecule has 2 rings (SSSR count). The molecule has 0 aromatic heterocycles. The van der Waals surface area contributed by atoms with E-state index in [0.29, 0.717) is 6.54 Å². The Bertz CT molecular complexity index is 844. The molecule has 0 unspecified atom stereocenters. The molecule has 0 fully saturated rings. The Morgan fingerprint density at radius 3 is 1.96 bits per heavy atom. The fraction of sp³-hybridized carbons (Fsp3) is 0.381. The van der Waals surface area contributed by atoms with Gasteiger partial charge in [-0.05, 0) is 37.8 Å². The minimum atomic E-state index is -3.47. The number of carbonyl (C=O) groups is 1. The van der Waals surface area contributed by atoms with Crippen LogP contribution in [0.25, 0.3) is 0 Å². The highest BCUT2D eigenvalue weighted by atomic mass is 32.2. The molecule has 0 saturated carbocycles. The van der Waals surface area contributed by atoms with E-state index >= 15 is 0 Å². The Balaban J connectivity index is 1.82. The van der Waals surface area contributed by atoms with Crippen molar-refractivity contribution in [3.63, 3.8) is 0 Å². The van der Waals surface area contributed by atoms with Crippen LogP contribution in [-0.2, 0) is 27.8 Å². The number of hydrogen-bond donors (Lipinski definition) is 1. The van der Waals surface area contributed by atoms with Gasteiger partial charge in [0.05, 0.1) is 12.8 Å². The van der Waals surface area contributed by atoms with Crippen LogP contribution in [0.4, 0.5) is 0 Å². The van der Waals surface area contributed by atoms with Gasteiger partial charge in [-0.15, -0.1) is 0 Å². The third-order valence-electron chi connectivity index (χ3n) is 4.35. The lowest BCUT2D eigenvalue weighted by molar-refractivity contribution is -0.121. The van der Waals surface area contributed by atoms with Crippen molar-refractivity contribution in [3.05, 3.63) is 70.8 Å². The predicted molar refractivity (Wildman–Crippen MR) is 109 cm³/mol. The molecule has 2 aromatic rings. The molecule has 0 bridgehead atoms. The van der Waals surface area contributed by atoms with Crippen LogP contribution < -0.4 is 5.32 Å². The van der Waals surface area contributed by atoms with E-state index in [-0.39, 0.29) is 19.0 Å². The second kappa shape index (κ2) is 9.67. The zero-order valence-electron chi connectivity index (χ0n) is 16.2. The van der Waals surface area contributed by atoms with Crippen LogP contribution in [0.3, 0.4) is 0 Å². The molecule has 5 nitrogen and oxygen atoms in total. The highest BCUT2D eigenvalue weighted by Crippen LogP contribution is 2.10. The molecular weight excluding hydrogens is 360 g/mol. The van der Waals surface area contributed by atoms with E-state index in [1.165, 1.54) is 15.4 Å². The van der Waals surface area contributed by atoms with Crippen molar-refractivity contribution in [3.8, 4) is 0 Å². The lowest BCUT2D eigenvalue weighted by atomic mass is 10.1. The SMILES string of the molecule is Cc1ccc(CCCNC(=O)CN(Cc2ccc(C)cc2)S(C)(=O)=O)cc1. The van der Waals surface area contributed by atoms with Crippen LogP contribution in [0.1, 0.15) is 28.7 Å². The van der Waals surface area contributed by atoms with Gasteiger partial charge in [0.15, 0.2) is 0 Å². The van der Waals surface area contributed by atoms with Gasteiger partial charge >= 0.3 is 0 Å². The van der Waals surface area contributed by atoms with E-state index in [2.05, 4.69) is 29.6 Å². The number of carbonyl (C=O) groups excluding carboxylic acids is 1. The fourth-order valence-corrected chi connectivity index (χ4v) is 3.41. The van der Waals surface area contributed by atoms with Crippen molar-refractivity contribution in [2.75, 3.05) is 19.3 Å². The number of hydrogen-bond acceptors (Lipinski definition) is 3. The first kappa shape index (κ1) is 21.1. The van der Waals surface area contributed by atoms with Crippen molar-refractivity contribution in [2.24, 2.45) is 0 Å². The first-order valence-electron chi connectivity index (χ1n) is 9.07. The minimum Gasteiger partial charge on any atom is -0.355 e. The summed E-state index contributed by atoms with van der Waals surface area (Å²) in [4.78, 5) is 12.2. The van der Waals surface area contributed by atoms with E-state index in [9.17, 15) is 13.2 Å². The average molecular weight is 389 g/mol. The largest absolute Gasteiger partial charge is 0.355 e. The van der Waals surface area contributed by atoms with Crippen LogP contribution in [-0.4, -0.2) is 38.0 Å². The minimum absolute atomic E-state index is 0.169. The van der Waals surface area contributed by atoms with Crippen LogP contribution in [0, 0.1) is 13.8 Å². The molecule has 6 heteroatoms. The summed E-state index contributed by atoms with van der Waals surface area (Å²) in [5.74, 6) is -0.281. The van der Waals surface area contributed by atoms with Gasteiger partial charge in [0.2, 0.25) is 15.9 Å². The molecule has 0 atom stereocenters. The summed E-state index contributed by atoms with van der Waals surface area (Å²) in [5.41, 5.74) is 4.42. The Kier molecular flexibility index (Phi) is 7.56. The number of nitrogens with zero attached hydrogens (tertiary/aromatic N) is 1. The average Bonchev–Trinajstić information content (AvgIpc) is 2.61.